The number of ether oxygens (including phenoxy) is 1. The summed E-state index contributed by atoms with van der Waals surface area (Å²) in [5.41, 5.74) is 0.680. The quantitative estimate of drug-likeness (QED) is 0.515. The molecule has 0 N–H and O–H groups in total. The van der Waals surface area contributed by atoms with Gasteiger partial charge in [0.25, 0.3) is 0 Å². The molecule has 2 fully saturated rings. The van der Waals surface area contributed by atoms with E-state index in [1.807, 2.05) is 0 Å². The molecule has 1 aliphatic heterocycles. The van der Waals surface area contributed by atoms with E-state index in [1.54, 1.807) is 0 Å². The zero-order chi connectivity index (χ0) is 16.1. The Labute approximate surface area is 134 Å². The lowest BCUT2D eigenvalue weighted by atomic mass is 9.87. The van der Waals surface area contributed by atoms with Crippen LogP contribution in [0.5, 0.6) is 0 Å². The largest absolute Gasteiger partial charge is 0.437 e. The fourth-order valence-corrected chi connectivity index (χ4v) is 17.6. The lowest BCUT2D eigenvalue weighted by molar-refractivity contribution is 0.330. The van der Waals surface area contributed by atoms with Crippen LogP contribution in [0.15, 0.2) is 0 Å². The highest BCUT2D eigenvalue weighted by molar-refractivity contribution is 6.87. The van der Waals surface area contributed by atoms with E-state index in [0.717, 1.165) is 5.92 Å². The van der Waals surface area contributed by atoms with Crippen LogP contribution in [0.1, 0.15) is 26.2 Å². The predicted molar refractivity (Wildman–Crippen MR) is 95.9 cm³/mol. The molecule has 21 heavy (non-hydrogen) atoms. The van der Waals surface area contributed by atoms with Crippen molar-refractivity contribution >= 4 is 25.2 Å². The third kappa shape index (κ3) is 5.01. The molecule has 0 radical (unpaired) electrons. The van der Waals surface area contributed by atoms with Crippen molar-refractivity contribution in [3.05, 3.63) is 0 Å². The van der Waals surface area contributed by atoms with Crippen molar-refractivity contribution in [2.75, 3.05) is 0 Å². The summed E-state index contributed by atoms with van der Waals surface area (Å²) in [6, 6.07) is 0. The number of epoxide rings is 1. The second-order valence-electron chi connectivity index (χ2n) is 8.89. The number of rotatable bonds is 6. The lowest BCUT2D eigenvalue weighted by Crippen LogP contribution is -2.53. The molecule has 1 saturated heterocycles. The summed E-state index contributed by atoms with van der Waals surface area (Å²) in [4.78, 5) is 0. The van der Waals surface area contributed by atoms with Gasteiger partial charge in [-0.3, -0.25) is 0 Å². The van der Waals surface area contributed by atoms with Crippen LogP contribution in [0.4, 0.5) is 0 Å². The molecule has 2 aliphatic rings. The van der Waals surface area contributed by atoms with Crippen molar-refractivity contribution in [1.82, 2.24) is 0 Å². The van der Waals surface area contributed by atoms with Crippen LogP contribution in [-0.4, -0.2) is 37.4 Å². The Morgan fingerprint density at radius 2 is 1.52 bits per heavy atom. The average Bonchev–Trinajstić information content (AvgIpc) is 3.00. The summed E-state index contributed by atoms with van der Waals surface area (Å²) in [6.45, 7) is 18.4. The summed E-state index contributed by atoms with van der Waals surface area (Å²) in [7, 11) is -5.28. The normalized spacial score (nSPS) is 31.7. The van der Waals surface area contributed by atoms with E-state index in [-0.39, 0.29) is 0 Å². The van der Waals surface area contributed by atoms with Crippen molar-refractivity contribution in [2.24, 2.45) is 5.92 Å². The molecular weight excluding hydrogens is 312 g/mol. The first-order chi connectivity index (χ1) is 9.40. The van der Waals surface area contributed by atoms with E-state index in [4.69, 9.17) is 13.0 Å². The first-order valence-corrected chi connectivity index (χ1v) is 17.7. The Morgan fingerprint density at radius 1 is 0.905 bits per heavy atom. The molecule has 0 aromatic heterocycles. The Kier molecular flexibility index (Phi) is 5.00. The Hall–Kier alpha value is 0.531. The van der Waals surface area contributed by atoms with Gasteiger partial charge in [-0.2, -0.15) is 0 Å². The molecule has 0 aromatic carbocycles. The summed E-state index contributed by atoms with van der Waals surface area (Å²) in [6.07, 6.45) is 5.00. The predicted octanol–water partition coefficient (Wildman–Crippen LogP) is 4.72. The highest BCUT2D eigenvalue weighted by Gasteiger charge is 2.49. The minimum Gasteiger partial charge on any atom is -0.437 e. The second-order valence-corrected chi connectivity index (χ2v) is 21.7. The first kappa shape index (κ1) is 17.9. The van der Waals surface area contributed by atoms with Crippen LogP contribution in [0.3, 0.4) is 0 Å². The van der Waals surface area contributed by atoms with Crippen molar-refractivity contribution in [3.63, 3.8) is 0 Å². The van der Waals surface area contributed by atoms with Gasteiger partial charge >= 0.3 is 8.56 Å². The van der Waals surface area contributed by atoms with Crippen LogP contribution in [0.2, 0.25) is 51.4 Å². The number of fused-ring (bicyclic) bond motifs is 1. The van der Waals surface area contributed by atoms with Crippen LogP contribution in [0.25, 0.3) is 0 Å². The Morgan fingerprint density at radius 3 is 2.05 bits per heavy atom. The average molecular weight is 347 g/mol. The summed E-state index contributed by atoms with van der Waals surface area (Å²) >= 11 is 0. The minimum absolute atomic E-state index is 0.569. The fourth-order valence-electron chi connectivity index (χ4n) is 3.94. The maximum absolute atomic E-state index is 6.71. The zero-order valence-electron chi connectivity index (χ0n) is 15.2. The van der Waals surface area contributed by atoms with E-state index in [2.05, 4.69) is 52.8 Å². The van der Waals surface area contributed by atoms with Crippen molar-refractivity contribution in [1.29, 1.82) is 0 Å². The van der Waals surface area contributed by atoms with E-state index in [9.17, 15) is 0 Å². The second kappa shape index (κ2) is 5.87. The zero-order valence-corrected chi connectivity index (χ0v) is 18.2. The van der Waals surface area contributed by atoms with Crippen LogP contribution >= 0.6 is 0 Å². The van der Waals surface area contributed by atoms with Crippen LogP contribution in [0, 0.1) is 5.92 Å². The number of hydrogen-bond donors (Lipinski definition) is 0. The SMILES string of the molecule is CC(C1CCC2OC2C1)[Si](C)(C)O[Si](C)(C)O[Si](C)(C)C. The smallest absolute Gasteiger partial charge is 0.311 e. The molecule has 0 bridgehead atoms. The fraction of sp³-hybridized carbons (Fsp3) is 1.00. The van der Waals surface area contributed by atoms with Gasteiger partial charge in [-0.15, -0.1) is 0 Å². The van der Waals surface area contributed by atoms with E-state index in [1.165, 1.54) is 19.3 Å². The molecule has 0 amide bonds. The topological polar surface area (TPSA) is 31.0 Å². The first-order valence-electron chi connectivity index (χ1n) is 8.45. The van der Waals surface area contributed by atoms with Gasteiger partial charge in [0.2, 0.25) is 0 Å². The third-order valence-electron chi connectivity index (χ3n) is 4.91. The van der Waals surface area contributed by atoms with Crippen molar-refractivity contribution < 1.29 is 13.0 Å². The van der Waals surface area contributed by atoms with Crippen molar-refractivity contribution in [2.45, 2.75) is 89.8 Å². The molecule has 0 spiro atoms. The van der Waals surface area contributed by atoms with Gasteiger partial charge < -0.3 is 13.0 Å². The van der Waals surface area contributed by atoms with E-state index >= 15 is 0 Å². The highest BCUT2D eigenvalue weighted by atomic mass is 28.5. The highest BCUT2D eigenvalue weighted by Crippen LogP contribution is 2.47. The van der Waals surface area contributed by atoms with E-state index in [0.29, 0.717) is 17.7 Å². The maximum Gasteiger partial charge on any atom is 0.311 e. The molecule has 6 heteroatoms. The molecule has 4 unspecified atom stereocenters. The molecule has 1 aliphatic carbocycles. The van der Waals surface area contributed by atoms with E-state index < -0.39 is 25.2 Å². The number of hydrogen-bond acceptors (Lipinski definition) is 3. The summed E-state index contributed by atoms with van der Waals surface area (Å²) in [5.74, 6) is 0.784. The third-order valence-corrected chi connectivity index (χ3v) is 16.1. The summed E-state index contributed by atoms with van der Waals surface area (Å²) < 4.78 is 18.8. The molecular formula is C15H34O3Si3. The standard InChI is InChI=1S/C15H34O3Si3/c1-12(13-9-10-14-15(11-13)16-14)20(5,6)18-21(7,8)17-19(2,3)4/h12-15H,9-11H2,1-8H3. The van der Waals surface area contributed by atoms with Gasteiger partial charge in [0.1, 0.15) is 0 Å². The Bertz CT molecular complexity index is 379. The molecule has 4 atom stereocenters. The minimum atomic E-state index is -2.01. The molecule has 2 rings (SSSR count). The molecule has 3 nitrogen and oxygen atoms in total. The van der Waals surface area contributed by atoms with Gasteiger partial charge in [0.15, 0.2) is 16.6 Å². The lowest BCUT2D eigenvalue weighted by Gasteiger charge is -2.42. The monoisotopic (exact) mass is 346 g/mol. The van der Waals surface area contributed by atoms with Crippen LogP contribution < -0.4 is 0 Å². The van der Waals surface area contributed by atoms with Gasteiger partial charge in [-0.1, -0.05) is 6.92 Å². The summed E-state index contributed by atoms with van der Waals surface area (Å²) in [5, 5.41) is 0. The molecule has 1 heterocycles. The van der Waals surface area contributed by atoms with Gasteiger partial charge in [0, 0.05) is 0 Å². The Balaban J connectivity index is 1.95. The molecule has 124 valence electrons. The van der Waals surface area contributed by atoms with Crippen LogP contribution in [-0.2, 0) is 13.0 Å². The van der Waals surface area contributed by atoms with Crippen molar-refractivity contribution in [3.8, 4) is 0 Å². The maximum atomic E-state index is 6.71. The molecule has 1 saturated carbocycles. The van der Waals surface area contributed by atoms with Gasteiger partial charge in [0.05, 0.1) is 12.2 Å². The van der Waals surface area contributed by atoms with Gasteiger partial charge in [-0.25, -0.2) is 0 Å². The van der Waals surface area contributed by atoms with Gasteiger partial charge in [-0.05, 0) is 76.6 Å². The molecule has 0 aromatic rings.